The van der Waals surface area contributed by atoms with Crippen LogP contribution in [0, 0.1) is 18.3 Å². The maximum atomic E-state index is 11.1. The number of aryl methyl sites for hydroxylation is 1. The third kappa shape index (κ3) is 4.89. The van der Waals surface area contributed by atoms with Gasteiger partial charge in [0.1, 0.15) is 35.7 Å². The average Bonchev–Trinajstić information content (AvgIpc) is 2.69. The van der Waals surface area contributed by atoms with Crippen LogP contribution in [0.25, 0.3) is 0 Å². The van der Waals surface area contributed by atoms with Crippen molar-refractivity contribution in [1.82, 2.24) is 0 Å². The van der Waals surface area contributed by atoms with Gasteiger partial charge < -0.3 is 14.2 Å². The Labute approximate surface area is 163 Å². The number of nitrogens with zero attached hydrogens (tertiary/aromatic N) is 1. The van der Waals surface area contributed by atoms with Gasteiger partial charge in [-0.3, -0.25) is 4.79 Å². The summed E-state index contributed by atoms with van der Waals surface area (Å²) in [5, 5.41) is 9.36. The van der Waals surface area contributed by atoms with Crippen molar-refractivity contribution in [3.8, 4) is 29.1 Å². The van der Waals surface area contributed by atoms with Gasteiger partial charge in [0.15, 0.2) is 0 Å². The minimum Gasteiger partial charge on any atom is -0.489 e. The van der Waals surface area contributed by atoms with E-state index in [0.29, 0.717) is 35.2 Å². The largest absolute Gasteiger partial charge is 0.489 e. The molecule has 5 heteroatoms. The molecular formula is C23H19NO4. The summed E-state index contributed by atoms with van der Waals surface area (Å²) in [6, 6.07) is 22.1. The number of hydrogen-bond acceptors (Lipinski definition) is 5. The summed E-state index contributed by atoms with van der Waals surface area (Å²) in [5.74, 6) is 1.62. The number of ether oxygens (including phenoxy) is 3. The Kier molecular flexibility index (Phi) is 5.93. The maximum absolute atomic E-state index is 11.1. The normalized spacial score (nSPS) is 10.0. The fourth-order valence-electron chi connectivity index (χ4n) is 2.59. The number of esters is 1. The second kappa shape index (κ2) is 8.74. The lowest BCUT2D eigenvalue weighted by atomic mass is 10.2. The summed E-state index contributed by atoms with van der Waals surface area (Å²) in [6.07, 6.45) is 0. The Morgan fingerprint density at radius 1 is 0.964 bits per heavy atom. The van der Waals surface area contributed by atoms with Crippen molar-refractivity contribution >= 4 is 5.97 Å². The first-order chi connectivity index (χ1) is 13.5. The highest BCUT2D eigenvalue weighted by Crippen LogP contribution is 2.32. The van der Waals surface area contributed by atoms with E-state index in [0.717, 1.165) is 11.1 Å². The van der Waals surface area contributed by atoms with Crippen molar-refractivity contribution in [3.63, 3.8) is 0 Å². The molecule has 0 unspecified atom stereocenters. The standard InChI is InChI=1S/C23H19NO4/c1-16-12-21(10-11-22(16)27-17(2)25)28-23-13-20(9-8-19(23)14-24)26-15-18-6-4-3-5-7-18/h3-13H,15H2,1-2H3. The van der Waals surface area contributed by atoms with Crippen molar-refractivity contribution in [1.29, 1.82) is 5.26 Å². The molecule has 5 nitrogen and oxygen atoms in total. The first-order valence-corrected chi connectivity index (χ1v) is 8.73. The highest BCUT2D eigenvalue weighted by Gasteiger charge is 2.10. The van der Waals surface area contributed by atoms with Crippen LogP contribution in [0.2, 0.25) is 0 Å². The lowest BCUT2D eigenvalue weighted by molar-refractivity contribution is -0.131. The van der Waals surface area contributed by atoms with Gasteiger partial charge >= 0.3 is 5.97 Å². The van der Waals surface area contributed by atoms with Gasteiger partial charge in [-0.1, -0.05) is 30.3 Å². The van der Waals surface area contributed by atoms with E-state index in [2.05, 4.69) is 6.07 Å². The monoisotopic (exact) mass is 373 g/mol. The van der Waals surface area contributed by atoms with Crippen molar-refractivity contribution in [2.45, 2.75) is 20.5 Å². The number of nitriles is 1. The van der Waals surface area contributed by atoms with E-state index in [9.17, 15) is 10.1 Å². The summed E-state index contributed by atoms with van der Waals surface area (Å²) in [6.45, 7) is 3.59. The molecule has 3 aromatic rings. The van der Waals surface area contributed by atoms with Crippen LogP contribution >= 0.6 is 0 Å². The molecule has 0 heterocycles. The minimum atomic E-state index is -0.383. The van der Waals surface area contributed by atoms with Crippen LogP contribution in [0.4, 0.5) is 0 Å². The molecule has 0 fully saturated rings. The van der Waals surface area contributed by atoms with Gasteiger partial charge in [0.2, 0.25) is 0 Å². The molecule has 3 rings (SSSR count). The summed E-state index contributed by atoms with van der Waals surface area (Å²) in [7, 11) is 0. The maximum Gasteiger partial charge on any atom is 0.308 e. The van der Waals surface area contributed by atoms with Gasteiger partial charge in [0.05, 0.1) is 5.56 Å². The van der Waals surface area contributed by atoms with Crippen LogP contribution in [0.15, 0.2) is 66.7 Å². The van der Waals surface area contributed by atoms with Gasteiger partial charge in [-0.15, -0.1) is 0 Å². The molecule has 0 spiro atoms. The number of benzene rings is 3. The zero-order chi connectivity index (χ0) is 19.9. The van der Waals surface area contributed by atoms with Gasteiger partial charge in [0, 0.05) is 13.0 Å². The van der Waals surface area contributed by atoms with E-state index in [4.69, 9.17) is 14.2 Å². The molecule has 0 amide bonds. The van der Waals surface area contributed by atoms with E-state index < -0.39 is 0 Å². The van der Waals surface area contributed by atoms with Gasteiger partial charge in [0.25, 0.3) is 0 Å². The zero-order valence-electron chi connectivity index (χ0n) is 15.6. The number of carbonyl (C=O) groups excluding carboxylic acids is 1. The molecule has 0 aromatic heterocycles. The van der Waals surface area contributed by atoms with E-state index in [1.54, 1.807) is 36.4 Å². The zero-order valence-corrected chi connectivity index (χ0v) is 15.6. The Morgan fingerprint density at radius 2 is 1.71 bits per heavy atom. The van der Waals surface area contributed by atoms with E-state index in [1.807, 2.05) is 37.3 Å². The van der Waals surface area contributed by atoms with Crippen LogP contribution in [0.3, 0.4) is 0 Å². The molecule has 0 radical (unpaired) electrons. The number of carbonyl (C=O) groups is 1. The summed E-state index contributed by atoms with van der Waals surface area (Å²) < 4.78 is 16.8. The number of rotatable bonds is 6. The average molecular weight is 373 g/mol. The lowest BCUT2D eigenvalue weighted by Gasteiger charge is -2.12. The van der Waals surface area contributed by atoms with Crippen molar-refractivity contribution < 1.29 is 19.0 Å². The highest BCUT2D eigenvalue weighted by molar-refractivity contribution is 5.70. The SMILES string of the molecule is CC(=O)Oc1ccc(Oc2cc(OCc3ccccc3)ccc2C#N)cc1C. The first-order valence-electron chi connectivity index (χ1n) is 8.73. The molecule has 0 atom stereocenters. The fraction of sp³-hybridized carbons (Fsp3) is 0.130. The molecule has 0 aliphatic carbocycles. The van der Waals surface area contributed by atoms with Crippen molar-refractivity contribution in [2.24, 2.45) is 0 Å². The second-order valence-electron chi connectivity index (χ2n) is 6.17. The van der Waals surface area contributed by atoms with Crippen LogP contribution in [0.1, 0.15) is 23.6 Å². The van der Waals surface area contributed by atoms with Crippen LogP contribution in [-0.2, 0) is 11.4 Å². The second-order valence-corrected chi connectivity index (χ2v) is 6.17. The summed E-state index contributed by atoms with van der Waals surface area (Å²) in [4.78, 5) is 11.1. The number of hydrogen-bond donors (Lipinski definition) is 0. The van der Waals surface area contributed by atoms with Crippen LogP contribution in [0.5, 0.6) is 23.0 Å². The van der Waals surface area contributed by atoms with E-state index in [-0.39, 0.29) is 5.97 Å². The summed E-state index contributed by atoms with van der Waals surface area (Å²) >= 11 is 0. The quantitative estimate of drug-likeness (QED) is 0.441. The smallest absolute Gasteiger partial charge is 0.308 e. The predicted molar refractivity (Wildman–Crippen MR) is 104 cm³/mol. The fourth-order valence-corrected chi connectivity index (χ4v) is 2.59. The molecule has 0 saturated heterocycles. The molecular weight excluding hydrogens is 354 g/mol. The molecule has 3 aromatic carbocycles. The van der Waals surface area contributed by atoms with Crippen LogP contribution in [-0.4, -0.2) is 5.97 Å². The molecule has 0 N–H and O–H groups in total. The molecule has 28 heavy (non-hydrogen) atoms. The predicted octanol–water partition coefficient (Wildman–Crippen LogP) is 5.16. The van der Waals surface area contributed by atoms with Gasteiger partial charge in [-0.2, -0.15) is 5.26 Å². The van der Waals surface area contributed by atoms with Crippen LogP contribution < -0.4 is 14.2 Å². The van der Waals surface area contributed by atoms with Crippen molar-refractivity contribution in [3.05, 3.63) is 83.4 Å². The first kappa shape index (κ1) is 19.0. The Hall–Kier alpha value is -3.78. The Morgan fingerprint density at radius 3 is 2.39 bits per heavy atom. The lowest BCUT2D eigenvalue weighted by Crippen LogP contribution is -2.02. The third-order valence-electron chi connectivity index (χ3n) is 3.95. The molecule has 0 aliphatic rings. The van der Waals surface area contributed by atoms with Gasteiger partial charge in [-0.25, -0.2) is 0 Å². The van der Waals surface area contributed by atoms with E-state index in [1.165, 1.54) is 6.92 Å². The van der Waals surface area contributed by atoms with Crippen molar-refractivity contribution in [2.75, 3.05) is 0 Å². The third-order valence-corrected chi connectivity index (χ3v) is 3.95. The molecule has 140 valence electrons. The Bertz CT molecular complexity index is 1020. The topological polar surface area (TPSA) is 68.6 Å². The van der Waals surface area contributed by atoms with E-state index >= 15 is 0 Å². The molecule has 0 bridgehead atoms. The minimum absolute atomic E-state index is 0.383. The van der Waals surface area contributed by atoms with Gasteiger partial charge in [-0.05, 0) is 48.4 Å². The Balaban J connectivity index is 1.78. The molecule has 0 saturated carbocycles. The highest BCUT2D eigenvalue weighted by atomic mass is 16.5. The molecule has 0 aliphatic heterocycles. The summed E-state index contributed by atoms with van der Waals surface area (Å²) in [5.41, 5.74) is 2.20.